The number of hydrogen-bond acceptors (Lipinski definition) is 3. The van der Waals surface area contributed by atoms with Gasteiger partial charge in [-0.05, 0) is 25.2 Å². The molecule has 0 saturated heterocycles. The summed E-state index contributed by atoms with van der Waals surface area (Å²) in [6.07, 6.45) is 4.56. The van der Waals surface area contributed by atoms with Gasteiger partial charge in [-0.15, -0.1) is 0 Å². The molecule has 0 aliphatic rings. The zero-order valence-electron chi connectivity index (χ0n) is 12.5. The number of likely N-dealkylation sites (N-methyl/N-ethyl adjacent to an activating group) is 1. The Bertz CT molecular complexity index is 554. The SMILES string of the molecule is C=CCOc1ccccc1CN(C)CCc1ccccn1. The van der Waals surface area contributed by atoms with Gasteiger partial charge in [-0.2, -0.15) is 0 Å². The van der Waals surface area contributed by atoms with Crippen molar-refractivity contribution in [3.05, 3.63) is 72.6 Å². The molecule has 0 spiro atoms. The second-order valence-corrected chi connectivity index (χ2v) is 5.02. The summed E-state index contributed by atoms with van der Waals surface area (Å²) in [5, 5.41) is 0. The minimum Gasteiger partial charge on any atom is -0.489 e. The van der Waals surface area contributed by atoms with E-state index in [0.29, 0.717) is 6.61 Å². The van der Waals surface area contributed by atoms with Crippen LogP contribution in [0.15, 0.2) is 61.3 Å². The summed E-state index contributed by atoms with van der Waals surface area (Å²) >= 11 is 0. The molecule has 2 rings (SSSR count). The normalized spacial score (nSPS) is 10.6. The Morgan fingerprint density at radius 2 is 2.00 bits per heavy atom. The number of rotatable bonds is 8. The van der Waals surface area contributed by atoms with Crippen molar-refractivity contribution in [1.29, 1.82) is 0 Å². The molecule has 0 unspecified atom stereocenters. The molecule has 0 N–H and O–H groups in total. The summed E-state index contributed by atoms with van der Waals surface area (Å²) in [4.78, 5) is 6.64. The molecule has 1 aromatic carbocycles. The fourth-order valence-electron chi connectivity index (χ4n) is 2.15. The zero-order valence-corrected chi connectivity index (χ0v) is 12.5. The molecule has 110 valence electrons. The first kappa shape index (κ1) is 15.3. The Kier molecular flexibility index (Phi) is 5.98. The summed E-state index contributed by atoms with van der Waals surface area (Å²) < 4.78 is 5.69. The van der Waals surface area contributed by atoms with E-state index in [1.165, 1.54) is 5.56 Å². The highest BCUT2D eigenvalue weighted by Crippen LogP contribution is 2.19. The summed E-state index contributed by atoms with van der Waals surface area (Å²) in [5.74, 6) is 0.932. The second kappa shape index (κ2) is 8.22. The number of ether oxygens (including phenoxy) is 1. The quantitative estimate of drug-likeness (QED) is 0.695. The molecule has 0 aliphatic heterocycles. The number of para-hydroxylation sites is 1. The van der Waals surface area contributed by atoms with Gasteiger partial charge in [-0.3, -0.25) is 4.98 Å². The first-order valence-corrected chi connectivity index (χ1v) is 7.19. The van der Waals surface area contributed by atoms with Gasteiger partial charge in [-0.25, -0.2) is 0 Å². The van der Waals surface area contributed by atoms with Crippen LogP contribution in [0.2, 0.25) is 0 Å². The lowest BCUT2D eigenvalue weighted by Crippen LogP contribution is -2.21. The number of hydrogen-bond donors (Lipinski definition) is 0. The molecule has 0 radical (unpaired) electrons. The van der Waals surface area contributed by atoms with Crippen LogP contribution in [0.3, 0.4) is 0 Å². The monoisotopic (exact) mass is 282 g/mol. The Morgan fingerprint density at radius 1 is 1.19 bits per heavy atom. The van der Waals surface area contributed by atoms with Crippen molar-refractivity contribution in [3.8, 4) is 5.75 Å². The number of nitrogens with zero attached hydrogens (tertiary/aromatic N) is 2. The van der Waals surface area contributed by atoms with E-state index < -0.39 is 0 Å². The predicted molar refractivity (Wildman–Crippen MR) is 86.4 cm³/mol. The summed E-state index contributed by atoms with van der Waals surface area (Å²) in [7, 11) is 2.12. The maximum Gasteiger partial charge on any atom is 0.124 e. The molecule has 21 heavy (non-hydrogen) atoms. The van der Waals surface area contributed by atoms with Gasteiger partial charge < -0.3 is 9.64 Å². The van der Waals surface area contributed by atoms with Crippen molar-refractivity contribution in [1.82, 2.24) is 9.88 Å². The van der Waals surface area contributed by atoms with Gasteiger partial charge in [0, 0.05) is 37.0 Å². The zero-order chi connectivity index (χ0) is 14.9. The topological polar surface area (TPSA) is 25.4 Å². The maximum absolute atomic E-state index is 5.69. The number of aromatic nitrogens is 1. The van der Waals surface area contributed by atoms with Gasteiger partial charge in [-0.1, -0.05) is 36.9 Å². The molecule has 0 atom stereocenters. The molecule has 3 nitrogen and oxygen atoms in total. The Hall–Kier alpha value is -2.13. The van der Waals surface area contributed by atoms with E-state index in [0.717, 1.165) is 31.0 Å². The predicted octanol–water partition coefficient (Wildman–Crippen LogP) is 3.32. The van der Waals surface area contributed by atoms with Crippen molar-refractivity contribution in [2.24, 2.45) is 0 Å². The van der Waals surface area contributed by atoms with Crippen LogP contribution in [-0.4, -0.2) is 30.1 Å². The maximum atomic E-state index is 5.69. The van der Waals surface area contributed by atoms with Crippen molar-refractivity contribution in [2.75, 3.05) is 20.2 Å². The van der Waals surface area contributed by atoms with E-state index in [2.05, 4.69) is 35.6 Å². The van der Waals surface area contributed by atoms with Crippen molar-refractivity contribution >= 4 is 0 Å². The average molecular weight is 282 g/mol. The van der Waals surface area contributed by atoms with Crippen molar-refractivity contribution < 1.29 is 4.74 Å². The van der Waals surface area contributed by atoms with Crippen LogP contribution in [0, 0.1) is 0 Å². The molecular formula is C18H22N2O. The fraction of sp³-hybridized carbons (Fsp3) is 0.278. The third kappa shape index (κ3) is 5.04. The molecule has 0 aliphatic carbocycles. The molecule has 3 heteroatoms. The third-order valence-corrected chi connectivity index (χ3v) is 3.25. The van der Waals surface area contributed by atoms with E-state index in [1.54, 1.807) is 6.08 Å². The van der Waals surface area contributed by atoms with Crippen LogP contribution in [0.25, 0.3) is 0 Å². The molecule has 1 aromatic heterocycles. The first-order valence-electron chi connectivity index (χ1n) is 7.19. The first-order chi connectivity index (χ1) is 10.3. The minimum absolute atomic E-state index is 0.536. The standard InChI is InChI=1S/C18H22N2O/c1-3-14-21-18-10-5-4-8-16(18)15-20(2)13-11-17-9-6-7-12-19-17/h3-10,12H,1,11,13-15H2,2H3. The summed E-state index contributed by atoms with van der Waals surface area (Å²) in [5.41, 5.74) is 2.32. The molecule has 0 saturated carbocycles. The Labute approximate surface area is 126 Å². The third-order valence-electron chi connectivity index (χ3n) is 3.25. The highest BCUT2D eigenvalue weighted by atomic mass is 16.5. The molecule has 0 fully saturated rings. The lowest BCUT2D eigenvalue weighted by Gasteiger charge is -2.18. The van der Waals surface area contributed by atoms with Gasteiger partial charge >= 0.3 is 0 Å². The van der Waals surface area contributed by atoms with Crippen LogP contribution in [0.4, 0.5) is 0 Å². The van der Waals surface area contributed by atoms with E-state index in [-0.39, 0.29) is 0 Å². The van der Waals surface area contributed by atoms with E-state index in [1.807, 2.05) is 36.5 Å². The van der Waals surface area contributed by atoms with E-state index in [9.17, 15) is 0 Å². The number of pyridine rings is 1. The van der Waals surface area contributed by atoms with Crippen LogP contribution in [0.1, 0.15) is 11.3 Å². The number of benzene rings is 1. The lowest BCUT2D eigenvalue weighted by atomic mass is 10.2. The van der Waals surface area contributed by atoms with Gasteiger partial charge in [0.1, 0.15) is 12.4 Å². The minimum atomic E-state index is 0.536. The van der Waals surface area contributed by atoms with Crippen molar-refractivity contribution in [3.63, 3.8) is 0 Å². The molecular weight excluding hydrogens is 260 g/mol. The summed E-state index contributed by atoms with van der Waals surface area (Å²) in [6, 6.07) is 14.2. The van der Waals surface area contributed by atoms with E-state index in [4.69, 9.17) is 4.74 Å². The highest BCUT2D eigenvalue weighted by molar-refractivity contribution is 5.33. The van der Waals surface area contributed by atoms with Gasteiger partial charge in [0.25, 0.3) is 0 Å². The largest absolute Gasteiger partial charge is 0.489 e. The van der Waals surface area contributed by atoms with Gasteiger partial charge in [0.15, 0.2) is 0 Å². The molecule has 0 bridgehead atoms. The van der Waals surface area contributed by atoms with Gasteiger partial charge in [0.05, 0.1) is 0 Å². The van der Waals surface area contributed by atoms with Crippen LogP contribution in [-0.2, 0) is 13.0 Å². The fourth-order valence-corrected chi connectivity index (χ4v) is 2.15. The highest BCUT2D eigenvalue weighted by Gasteiger charge is 2.06. The molecule has 0 amide bonds. The molecule has 2 aromatic rings. The van der Waals surface area contributed by atoms with Gasteiger partial charge in [0.2, 0.25) is 0 Å². The van der Waals surface area contributed by atoms with Crippen LogP contribution >= 0.6 is 0 Å². The second-order valence-electron chi connectivity index (χ2n) is 5.02. The Balaban J connectivity index is 1.90. The molecule has 1 heterocycles. The smallest absolute Gasteiger partial charge is 0.124 e. The lowest BCUT2D eigenvalue weighted by molar-refractivity contribution is 0.312. The average Bonchev–Trinajstić information content (AvgIpc) is 2.53. The van der Waals surface area contributed by atoms with Crippen LogP contribution in [0.5, 0.6) is 5.75 Å². The Morgan fingerprint density at radius 3 is 2.76 bits per heavy atom. The van der Waals surface area contributed by atoms with Crippen LogP contribution < -0.4 is 4.74 Å². The van der Waals surface area contributed by atoms with E-state index >= 15 is 0 Å². The van der Waals surface area contributed by atoms with Crippen molar-refractivity contribution in [2.45, 2.75) is 13.0 Å². The summed E-state index contributed by atoms with van der Waals surface area (Å²) in [6.45, 7) is 6.05.